The lowest BCUT2D eigenvalue weighted by Crippen LogP contribution is -2.09. The van der Waals surface area contributed by atoms with Gasteiger partial charge in [-0.1, -0.05) is 57.4 Å². The third-order valence-corrected chi connectivity index (χ3v) is 2.82. The van der Waals surface area contributed by atoms with Crippen LogP contribution in [0.15, 0.2) is 24.3 Å². The Bertz CT molecular complexity index is 263. The molecule has 0 saturated carbocycles. The van der Waals surface area contributed by atoms with E-state index in [0.29, 0.717) is 0 Å². The SMILES string of the molecule is CCCCC(N)c1ccc(CCC)cc1. The van der Waals surface area contributed by atoms with Crippen LogP contribution in [0.2, 0.25) is 0 Å². The zero-order valence-corrected chi connectivity index (χ0v) is 10.00. The van der Waals surface area contributed by atoms with Gasteiger partial charge in [0.15, 0.2) is 0 Å². The number of rotatable bonds is 6. The number of hydrogen-bond acceptors (Lipinski definition) is 1. The normalized spacial score (nSPS) is 12.7. The topological polar surface area (TPSA) is 26.0 Å². The monoisotopic (exact) mass is 205 g/mol. The van der Waals surface area contributed by atoms with Crippen LogP contribution in [-0.2, 0) is 6.42 Å². The van der Waals surface area contributed by atoms with Crippen LogP contribution in [0.3, 0.4) is 0 Å². The Balaban J connectivity index is 2.54. The van der Waals surface area contributed by atoms with Gasteiger partial charge in [0.1, 0.15) is 0 Å². The molecule has 0 bridgehead atoms. The third kappa shape index (κ3) is 4.05. The summed E-state index contributed by atoms with van der Waals surface area (Å²) >= 11 is 0. The van der Waals surface area contributed by atoms with Crippen molar-refractivity contribution in [2.45, 2.75) is 52.0 Å². The molecule has 84 valence electrons. The summed E-state index contributed by atoms with van der Waals surface area (Å²) in [4.78, 5) is 0. The highest BCUT2D eigenvalue weighted by Gasteiger charge is 2.04. The van der Waals surface area contributed by atoms with Crippen LogP contribution >= 0.6 is 0 Å². The molecule has 15 heavy (non-hydrogen) atoms. The number of benzene rings is 1. The van der Waals surface area contributed by atoms with Crippen molar-refractivity contribution >= 4 is 0 Å². The zero-order valence-electron chi connectivity index (χ0n) is 10.00. The molecule has 0 aliphatic carbocycles. The van der Waals surface area contributed by atoms with Gasteiger partial charge in [0.25, 0.3) is 0 Å². The van der Waals surface area contributed by atoms with Gasteiger partial charge < -0.3 is 5.73 Å². The Morgan fingerprint density at radius 3 is 2.27 bits per heavy atom. The molecule has 0 fully saturated rings. The van der Waals surface area contributed by atoms with Gasteiger partial charge in [-0.15, -0.1) is 0 Å². The summed E-state index contributed by atoms with van der Waals surface area (Å²) in [6.45, 7) is 4.41. The fraction of sp³-hybridized carbons (Fsp3) is 0.571. The molecule has 1 aromatic carbocycles. The minimum absolute atomic E-state index is 0.223. The van der Waals surface area contributed by atoms with Gasteiger partial charge in [-0.05, 0) is 24.0 Å². The summed E-state index contributed by atoms with van der Waals surface area (Å²) in [6, 6.07) is 9.02. The van der Waals surface area contributed by atoms with Gasteiger partial charge >= 0.3 is 0 Å². The summed E-state index contributed by atoms with van der Waals surface area (Å²) in [7, 11) is 0. The van der Waals surface area contributed by atoms with Gasteiger partial charge in [-0.25, -0.2) is 0 Å². The van der Waals surface area contributed by atoms with Gasteiger partial charge in [-0.3, -0.25) is 0 Å². The quantitative estimate of drug-likeness (QED) is 0.750. The van der Waals surface area contributed by atoms with Crippen LogP contribution in [0.5, 0.6) is 0 Å². The highest BCUT2D eigenvalue weighted by Crippen LogP contribution is 2.17. The van der Waals surface area contributed by atoms with E-state index in [-0.39, 0.29) is 6.04 Å². The van der Waals surface area contributed by atoms with Crippen LogP contribution in [0, 0.1) is 0 Å². The first kappa shape index (κ1) is 12.3. The second-order valence-electron chi connectivity index (χ2n) is 4.24. The molecule has 0 heterocycles. The number of hydrogen-bond donors (Lipinski definition) is 1. The highest BCUT2D eigenvalue weighted by molar-refractivity contribution is 5.24. The molecule has 0 amide bonds. The summed E-state index contributed by atoms with van der Waals surface area (Å²) in [6.07, 6.45) is 5.93. The fourth-order valence-corrected chi connectivity index (χ4v) is 1.81. The van der Waals surface area contributed by atoms with Crippen molar-refractivity contribution < 1.29 is 0 Å². The predicted octanol–water partition coefficient (Wildman–Crippen LogP) is 3.83. The van der Waals surface area contributed by atoms with Gasteiger partial charge in [-0.2, -0.15) is 0 Å². The first-order valence-corrected chi connectivity index (χ1v) is 6.12. The van der Waals surface area contributed by atoms with E-state index in [1.165, 1.54) is 36.8 Å². The molecule has 1 atom stereocenters. The van der Waals surface area contributed by atoms with E-state index in [1.807, 2.05) is 0 Å². The van der Waals surface area contributed by atoms with Crippen molar-refractivity contribution in [2.24, 2.45) is 5.73 Å². The second-order valence-corrected chi connectivity index (χ2v) is 4.24. The Hall–Kier alpha value is -0.820. The van der Waals surface area contributed by atoms with E-state index in [1.54, 1.807) is 0 Å². The largest absolute Gasteiger partial charge is 0.324 e. The average molecular weight is 205 g/mol. The minimum Gasteiger partial charge on any atom is -0.324 e. The maximum Gasteiger partial charge on any atom is 0.0294 e. The first-order chi connectivity index (χ1) is 7.27. The second kappa shape index (κ2) is 6.62. The average Bonchev–Trinajstić information content (AvgIpc) is 2.27. The fourth-order valence-electron chi connectivity index (χ4n) is 1.81. The zero-order chi connectivity index (χ0) is 11.1. The lowest BCUT2D eigenvalue weighted by molar-refractivity contribution is 0.603. The first-order valence-electron chi connectivity index (χ1n) is 6.12. The molecule has 0 aliphatic heterocycles. The minimum atomic E-state index is 0.223. The van der Waals surface area contributed by atoms with Crippen LogP contribution in [0.4, 0.5) is 0 Å². The molecular weight excluding hydrogens is 182 g/mol. The van der Waals surface area contributed by atoms with Crippen molar-refractivity contribution in [1.82, 2.24) is 0 Å². The van der Waals surface area contributed by atoms with Crippen LogP contribution in [0.1, 0.15) is 56.7 Å². The summed E-state index contributed by atoms with van der Waals surface area (Å²) < 4.78 is 0. The van der Waals surface area contributed by atoms with Crippen LogP contribution in [0.25, 0.3) is 0 Å². The van der Waals surface area contributed by atoms with Gasteiger partial charge in [0.2, 0.25) is 0 Å². The maximum atomic E-state index is 6.11. The standard InChI is InChI=1S/C14H23N/c1-3-5-7-14(15)13-10-8-12(6-4-2)9-11-13/h8-11,14H,3-7,15H2,1-2H3. The number of aryl methyl sites for hydroxylation is 1. The van der Waals surface area contributed by atoms with Crippen molar-refractivity contribution in [3.8, 4) is 0 Å². The Kier molecular flexibility index (Phi) is 5.41. The van der Waals surface area contributed by atoms with Crippen molar-refractivity contribution in [3.63, 3.8) is 0 Å². The smallest absolute Gasteiger partial charge is 0.0294 e. The van der Waals surface area contributed by atoms with Crippen LogP contribution in [-0.4, -0.2) is 0 Å². The van der Waals surface area contributed by atoms with E-state index < -0.39 is 0 Å². The molecule has 0 spiro atoms. The molecule has 1 rings (SSSR count). The molecule has 1 nitrogen and oxygen atoms in total. The van der Waals surface area contributed by atoms with E-state index in [9.17, 15) is 0 Å². The number of unbranched alkanes of at least 4 members (excludes halogenated alkanes) is 1. The molecule has 0 aliphatic rings. The Morgan fingerprint density at radius 2 is 1.73 bits per heavy atom. The van der Waals surface area contributed by atoms with Gasteiger partial charge in [0, 0.05) is 6.04 Å². The van der Waals surface area contributed by atoms with Crippen LogP contribution < -0.4 is 5.73 Å². The summed E-state index contributed by atoms with van der Waals surface area (Å²) in [5.41, 5.74) is 8.81. The van der Waals surface area contributed by atoms with Crippen molar-refractivity contribution in [3.05, 3.63) is 35.4 Å². The predicted molar refractivity (Wildman–Crippen MR) is 66.9 cm³/mol. The van der Waals surface area contributed by atoms with Gasteiger partial charge in [0.05, 0.1) is 0 Å². The molecule has 0 saturated heterocycles. The lowest BCUT2D eigenvalue weighted by atomic mass is 10.00. The molecule has 0 radical (unpaired) electrons. The molecule has 1 heteroatoms. The van der Waals surface area contributed by atoms with Crippen molar-refractivity contribution in [1.29, 1.82) is 0 Å². The van der Waals surface area contributed by atoms with E-state index in [2.05, 4.69) is 38.1 Å². The lowest BCUT2D eigenvalue weighted by Gasteiger charge is -2.11. The van der Waals surface area contributed by atoms with E-state index in [0.717, 1.165) is 6.42 Å². The van der Waals surface area contributed by atoms with E-state index >= 15 is 0 Å². The molecule has 1 aromatic rings. The van der Waals surface area contributed by atoms with E-state index in [4.69, 9.17) is 5.73 Å². The molecule has 2 N–H and O–H groups in total. The Labute approximate surface area is 93.7 Å². The third-order valence-electron chi connectivity index (χ3n) is 2.82. The molecular formula is C14H23N. The highest BCUT2D eigenvalue weighted by atomic mass is 14.6. The number of nitrogens with two attached hydrogens (primary N) is 1. The van der Waals surface area contributed by atoms with Crippen molar-refractivity contribution in [2.75, 3.05) is 0 Å². The molecule has 0 aromatic heterocycles. The summed E-state index contributed by atoms with van der Waals surface area (Å²) in [5.74, 6) is 0. The maximum absolute atomic E-state index is 6.11. The Morgan fingerprint density at radius 1 is 1.07 bits per heavy atom. The molecule has 1 unspecified atom stereocenters. The summed E-state index contributed by atoms with van der Waals surface area (Å²) in [5, 5.41) is 0.